The van der Waals surface area contributed by atoms with Crippen LogP contribution < -0.4 is 4.72 Å². The molecule has 0 heterocycles. The third-order valence-electron chi connectivity index (χ3n) is 4.22. The molecule has 23 heavy (non-hydrogen) atoms. The molecule has 2 rings (SSSR count). The molecular formula is C15H19Cl2NO4S. The monoisotopic (exact) mass is 379 g/mol. The summed E-state index contributed by atoms with van der Waals surface area (Å²) in [6.45, 7) is 3.26. The Morgan fingerprint density at radius 2 is 1.83 bits per heavy atom. The molecule has 0 radical (unpaired) electrons. The Kier molecular flexibility index (Phi) is 5.31. The molecule has 1 aromatic carbocycles. The lowest BCUT2D eigenvalue weighted by atomic mass is 10.00. The summed E-state index contributed by atoms with van der Waals surface area (Å²) in [6.07, 6.45) is 2.29. The zero-order chi connectivity index (χ0) is 17.4. The quantitative estimate of drug-likeness (QED) is 0.813. The van der Waals surface area contributed by atoms with Gasteiger partial charge in [0.25, 0.3) is 0 Å². The predicted molar refractivity (Wildman–Crippen MR) is 89.5 cm³/mol. The van der Waals surface area contributed by atoms with E-state index in [1.165, 1.54) is 7.11 Å². The van der Waals surface area contributed by atoms with Gasteiger partial charge in [0.1, 0.15) is 10.4 Å². The molecular weight excluding hydrogens is 361 g/mol. The maximum atomic E-state index is 12.9. The van der Waals surface area contributed by atoms with Gasteiger partial charge in [-0.25, -0.2) is 8.42 Å². The first-order valence-electron chi connectivity index (χ1n) is 7.22. The van der Waals surface area contributed by atoms with E-state index in [2.05, 4.69) is 4.72 Å². The molecule has 5 nitrogen and oxygen atoms in total. The van der Waals surface area contributed by atoms with Gasteiger partial charge in [0.05, 0.1) is 12.1 Å². The first kappa shape index (κ1) is 18.5. The van der Waals surface area contributed by atoms with Gasteiger partial charge in [-0.3, -0.25) is 4.79 Å². The number of carbonyl (C=O) groups is 1. The minimum atomic E-state index is -4.03. The highest BCUT2D eigenvalue weighted by atomic mass is 35.5. The number of methoxy groups -OCH3 is 1. The molecule has 128 valence electrons. The summed E-state index contributed by atoms with van der Waals surface area (Å²) in [5.41, 5.74) is -0.325. The summed E-state index contributed by atoms with van der Waals surface area (Å²) in [4.78, 5) is 12.1. The maximum absolute atomic E-state index is 12.9. The van der Waals surface area contributed by atoms with Crippen molar-refractivity contribution in [1.29, 1.82) is 0 Å². The number of nitrogens with one attached hydrogen (secondary N) is 1. The number of aryl methyl sites for hydroxylation is 1. The van der Waals surface area contributed by atoms with Crippen LogP contribution in [0.15, 0.2) is 11.0 Å². The van der Waals surface area contributed by atoms with Gasteiger partial charge < -0.3 is 4.74 Å². The average Bonchev–Trinajstić information content (AvgIpc) is 2.93. The minimum absolute atomic E-state index is 0.0839. The Balaban J connectivity index is 2.53. The van der Waals surface area contributed by atoms with Gasteiger partial charge in [-0.05, 0) is 43.9 Å². The molecule has 0 atom stereocenters. The van der Waals surface area contributed by atoms with Crippen molar-refractivity contribution in [3.8, 4) is 0 Å². The number of halogens is 2. The molecule has 0 spiro atoms. The molecule has 1 aliphatic carbocycles. The maximum Gasteiger partial charge on any atom is 0.327 e. The summed E-state index contributed by atoms with van der Waals surface area (Å²) in [7, 11) is -2.78. The zero-order valence-electron chi connectivity index (χ0n) is 13.2. The van der Waals surface area contributed by atoms with Crippen LogP contribution in [0.3, 0.4) is 0 Å². The second-order valence-corrected chi connectivity index (χ2v) is 8.23. The van der Waals surface area contributed by atoms with Gasteiger partial charge in [-0.2, -0.15) is 4.72 Å². The van der Waals surface area contributed by atoms with Gasteiger partial charge in [-0.15, -0.1) is 0 Å². The highest BCUT2D eigenvalue weighted by molar-refractivity contribution is 7.89. The van der Waals surface area contributed by atoms with Crippen molar-refractivity contribution in [3.63, 3.8) is 0 Å². The van der Waals surface area contributed by atoms with Crippen LogP contribution in [0.1, 0.15) is 36.8 Å². The van der Waals surface area contributed by atoms with Crippen LogP contribution >= 0.6 is 23.2 Å². The fraction of sp³-hybridized carbons (Fsp3) is 0.533. The molecule has 8 heteroatoms. The molecule has 0 aromatic heterocycles. The molecule has 0 saturated heterocycles. The van der Waals surface area contributed by atoms with Crippen LogP contribution in [0.4, 0.5) is 0 Å². The van der Waals surface area contributed by atoms with Crippen LogP contribution in [-0.4, -0.2) is 27.0 Å². The lowest BCUT2D eigenvalue weighted by molar-refractivity contribution is -0.147. The largest absolute Gasteiger partial charge is 0.468 e. The van der Waals surface area contributed by atoms with E-state index < -0.39 is 21.5 Å². The van der Waals surface area contributed by atoms with Gasteiger partial charge >= 0.3 is 5.97 Å². The van der Waals surface area contributed by atoms with E-state index in [1.54, 1.807) is 19.9 Å². The molecule has 0 amide bonds. The Morgan fingerprint density at radius 1 is 1.26 bits per heavy atom. The Labute approximate surface area is 146 Å². The van der Waals surface area contributed by atoms with E-state index in [0.29, 0.717) is 29.0 Å². The fourth-order valence-electron chi connectivity index (χ4n) is 2.96. The molecule has 0 aliphatic heterocycles. The topological polar surface area (TPSA) is 72.5 Å². The summed E-state index contributed by atoms with van der Waals surface area (Å²) in [6, 6.07) is 1.61. The number of hydrogen-bond acceptors (Lipinski definition) is 4. The van der Waals surface area contributed by atoms with Crippen LogP contribution in [0, 0.1) is 13.8 Å². The number of benzene rings is 1. The highest BCUT2D eigenvalue weighted by Gasteiger charge is 2.46. The van der Waals surface area contributed by atoms with Crippen molar-refractivity contribution in [3.05, 3.63) is 27.2 Å². The molecule has 1 aromatic rings. The minimum Gasteiger partial charge on any atom is -0.468 e. The van der Waals surface area contributed by atoms with Crippen molar-refractivity contribution < 1.29 is 17.9 Å². The molecule has 1 aliphatic rings. The summed E-state index contributed by atoms with van der Waals surface area (Å²) < 4.78 is 33.1. The Morgan fingerprint density at radius 3 is 2.35 bits per heavy atom. The van der Waals surface area contributed by atoms with E-state index in [4.69, 9.17) is 27.9 Å². The summed E-state index contributed by atoms with van der Waals surface area (Å²) >= 11 is 12.3. The normalized spacial score (nSPS) is 17.3. The number of hydrogen-bond donors (Lipinski definition) is 1. The number of ether oxygens (including phenoxy) is 1. The van der Waals surface area contributed by atoms with Crippen LogP contribution in [-0.2, 0) is 19.6 Å². The van der Waals surface area contributed by atoms with E-state index in [1.807, 2.05) is 0 Å². The summed E-state index contributed by atoms with van der Waals surface area (Å²) in [5.74, 6) is -0.578. The molecule has 0 bridgehead atoms. The molecule has 1 saturated carbocycles. The van der Waals surface area contributed by atoms with Crippen LogP contribution in [0.2, 0.25) is 10.0 Å². The zero-order valence-corrected chi connectivity index (χ0v) is 15.5. The fourth-order valence-corrected chi connectivity index (χ4v) is 5.59. The second kappa shape index (κ2) is 6.59. The lowest BCUT2D eigenvalue weighted by Gasteiger charge is -2.27. The van der Waals surface area contributed by atoms with Crippen LogP contribution in [0.5, 0.6) is 0 Å². The highest BCUT2D eigenvalue weighted by Crippen LogP contribution is 2.37. The average molecular weight is 380 g/mol. The van der Waals surface area contributed by atoms with E-state index >= 15 is 0 Å². The Hall–Kier alpha value is -0.820. The lowest BCUT2D eigenvalue weighted by Crippen LogP contribution is -2.53. The first-order chi connectivity index (χ1) is 10.6. The number of rotatable bonds is 4. The van der Waals surface area contributed by atoms with Crippen molar-refractivity contribution >= 4 is 39.2 Å². The van der Waals surface area contributed by atoms with E-state index in [0.717, 1.165) is 12.8 Å². The Bertz CT molecular complexity index is 714. The number of carbonyl (C=O) groups excluding carboxylic acids is 1. The predicted octanol–water partition coefficient (Wildman–Crippen LogP) is 3.37. The van der Waals surface area contributed by atoms with Gasteiger partial charge in [0, 0.05) is 5.02 Å². The third kappa shape index (κ3) is 3.36. The van der Waals surface area contributed by atoms with E-state index in [9.17, 15) is 13.2 Å². The van der Waals surface area contributed by atoms with Crippen molar-refractivity contribution in [2.24, 2.45) is 0 Å². The number of esters is 1. The van der Waals surface area contributed by atoms with Crippen molar-refractivity contribution in [1.82, 2.24) is 4.72 Å². The molecule has 1 fully saturated rings. The second-order valence-electron chi connectivity index (χ2n) is 5.83. The van der Waals surface area contributed by atoms with Gasteiger partial charge in [-0.1, -0.05) is 36.0 Å². The smallest absolute Gasteiger partial charge is 0.327 e. The SMILES string of the molecule is COC(=O)C1(NS(=O)(=O)c2c(C)c(Cl)cc(C)c2Cl)CCCC1. The number of sulfonamides is 1. The molecule has 0 unspecified atom stereocenters. The van der Waals surface area contributed by atoms with Gasteiger partial charge in [0.15, 0.2) is 0 Å². The summed E-state index contributed by atoms with van der Waals surface area (Å²) in [5, 5.41) is 0.420. The first-order valence-corrected chi connectivity index (χ1v) is 9.46. The van der Waals surface area contributed by atoms with Crippen molar-refractivity contribution in [2.75, 3.05) is 7.11 Å². The van der Waals surface area contributed by atoms with Gasteiger partial charge in [0.2, 0.25) is 10.0 Å². The molecule has 1 N–H and O–H groups in total. The van der Waals surface area contributed by atoms with Crippen LogP contribution in [0.25, 0.3) is 0 Å². The van der Waals surface area contributed by atoms with Crippen molar-refractivity contribution in [2.45, 2.75) is 50.0 Å². The third-order valence-corrected chi connectivity index (χ3v) is 6.92. The standard InChI is InChI=1S/C15H19Cl2NO4S/c1-9-8-11(16)10(2)13(12(9)17)23(20,21)18-15(14(19)22-3)6-4-5-7-15/h8,18H,4-7H2,1-3H3. The van der Waals surface area contributed by atoms with E-state index in [-0.39, 0.29) is 9.92 Å².